The van der Waals surface area contributed by atoms with Crippen LogP contribution in [0.3, 0.4) is 0 Å². The molecule has 1 aromatic heterocycles. The quantitative estimate of drug-likeness (QED) is 0.119. The summed E-state index contributed by atoms with van der Waals surface area (Å²) in [4.78, 5) is 10.8. The lowest BCUT2D eigenvalue weighted by molar-refractivity contribution is 1.18. The molecule has 0 spiro atoms. The SMILES string of the molecule is c1ccc(-c2ccc(-c3ccccc3)c(-c3cc(-c4ccccc4-c4ccccc4)nc(-c4ccc(-c5c6ccccc6cc6c5ccc5ccccc56)cc4)n3)c2)cc1. The van der Waals surface area contributed by atoms with Crippen LogP contribution in [-0.4, -0.2) is 9.97 Å². The Morgan fingerprint density at radius 3 is 1.45 bits per heavy atom. The summed E-state index contributed by atoms with van der Waals surface area (Å²) < 4.78 is 0. The summed E-state index contributed by atoms with van der Waals surface area (Å²) in [6, 6.07) is 82.3. The second kappa shape index (κ2) is 15.1. The molecule has 0 saturated heterocycles. The van der Waals surface area contributed by atoms with Gasteiger partial charge in [-0.05, 0) is 95.0 Å². The molecule has 0 aliphatic heterocycles. The van der Waals surface area contributed by atoms with Crippen LogP contribution >= 0.6 is 0 Å². The summed E-state index contributed by atoms with van der Waals surface area (Å²) in [5, 5.41) is 7.47. The molecule has 0 bridgehead atoms. The van der Waals surface area contributed by atoms with E-state index in [-0.39, 0.29) is 0 Å². The highest BCUT2D eigenvalue weighted by Crippen LogP contribution is 2.42. The van der Waals surface area contributed by atoms with E-state index in [4.69, 9.17) is 9.97 Å². The molecule has 0 aliphatic carbocycles. The van der Waals surface area contributed by atoms with Crippen molar-refractivity contribution in [3.8, 4) is 78.4 Å². The third-order valence-electron chi connectivity index (χ3n) is 11.7. The minimum Gasteiger partial charge on any atom is -0.228 e. The molecule has 0 N–H and O–H groups in total. The van der Waals surface area contributed by atoms with Crippen molar-refractivity contribution >= 4 is 32.3 Å². The van der Waals surface area contributed by atoms with Crippen molar-refractivity contribution in [1.29, 1.82) is 0 Å². The fourth-order valence-corrected chi connectivity index (χ4v) is 8.78. The first-order chi connectivity index (χ1) is 29.7. The van der Waals surface area contributed by atoms with E-state index < -0.39 is 0 Å². The molecule has 280 valence electrons. The van der Waals surface area contributed by atoms with Crippen molar-refractivity contribution in [1.82, 2.24) is 9.97 Å². The van der Waals surface area contributed by atoms with Crippen LogP contribution in [0, 0.1) is 0 Å². The predicted molar refractivity (Wildman–Crippen MR) is 253 cm³/mol. The zero-order valence-electron chi connectivity index (χ0n) is 32.8. The van der Waals surface area contributed by atoms with Crippen molar-refractivity contribution in [2.75, 3.05) is 0 Å². The number of nitrogens with zero attached hydrogens (tertiary/aromatic N) is 2. The lowest BCUT2D eigenvalue weighted by Crippen LogP contribution is -1.98. The van der Waals surface area contributed by atoms with Gasteiger partial charge in [0.25, 0.3) is 0 Å². The molecule has 0 fully saturated rings. The molecular formula is C58H38N2. The van der Waals surface area contributed by atoms with Gasteiger partial charge in [-0.25, -0.2) is 9.97 Å². The van der Waals surface area contributed by atoms with Crippen molar-refractivity contribution in [2.45, 2.75) is 0 Å². The van der Waals surface area contributed by atoms with Gasteiger partial charge in [0.2, 0.25) is 0 Å². The van der Waals surface area contributed by atoms with E-state index in [0.717, 1.165) is 67.0 Å². The molecule has 0 radical (unpaired) electrons. The predicted octanol–water partition coefficient (Wildman–Crippen LogP) is 15.6. The molecule has 0 saturated carbocycles. The van der Waals surface area contributed by atoms with Gasteiger partial charge in [0, 0.05) is 16.7 Å². The second-order valence-electron chi connectivity index (χ2n) is 15.3. The van der Waals surface area contributed by atoms with E-state index in [1.165, 1.54) is 37.9 Å². The van der Waals surface area contributed by atoms with Gasteiger partial charge in [0.15, 0.2) is 5.82 Å². The summed E-state index contributed by atoms with van der Waals surface area (Å²) in [7, 11) is 0. The van der Waals surface area contributed by atoms with Crippen LogP contribution in [0.2, 0.25) is 0 Å². The van der Waals surface area contributed by atoms with Crippen LogP contribution < -0.4 is 0 Å². The maximum absolute atomic E-state index is 5.45. The van der Waals surface area contributed by atoms with Crippen LogP contribution in [0.4, 0.5) is 0 Å². The lowest BCUT2D eigenvalue weighted by Gasteiger charge is -2.16. The topological polar surface area (TPSA) is 25.8 Å². The first-order valence-electron chi connectivity index (χ1n) is 20.5. The maximum Gasteiger partial charge on any atom is 0.160 e. The van der Waals surface area contributed by atoms with E-state index in [1.54, 1.807) is 0 Å². The van der Waals surface area contributed by atoms with Crippen molar-refractivity contribution in [3.05, 3.63) is 231 Å². The van der Waals surface area contributed by atoms with Gasteiger partial charge in [0.05, 0.1) is 11.4 Å². The average Bonchev–Trinajstić information content (AvgIpc) is 3.34. The first kappa shape index (κ1) is 35.2. The number of fused-ring (bicyclic) bond motifs is 4. The van der Waals surface area contributed by atoms with Crippen LogP contribution in [0.1, 0.15) is 0 Å². The van der Waals surface area contributed by atoms with E-state index in [1.807, 2.05) is 0 Å². The van der Waals surface area contributed by atoms with E-state index in [9.17, 15) is 0 Å². The van der Waals surface area contributed by atoms with Crippen molar-refractivity contribution in [3.63, 3.8) is 0 Å². The molecule has 60 heavy (non-hydrogen) atoms. The third-order valence-corrected chi connectivity index (χ3v) is 11.7. The average molecular weight is 763 g/mol. The Labute approximate surface area is 349 Å². The summed E-state index contributed by atoms with van der Waals surface area (Å²) >= 11 is 0. The van der Waals surface area contributed by atoms with Gasteiger partial charge < -0.3 is 0 Å². The van der Waals surface area contributed by atoms with Gasteiger partial charge in [-0.2, -0.15) is 0 Å². The van der Waals surface area contributed by atoms with Gasteiger partial charge in [-0.15, -0.1) is 0 Å². The van der Waals surface area contributed by atoms with E-state index in [2.05, 4.69) is 231 Å². The molecular weight excluding hydrogens is 725 g/mol. The largest absolute Gasteiger partial charge is 0.228 e. The van der Waals surface area contributed by atoms with Crippen molar-refractivity contribution in [2.24, 2.45) is 0 Å². The minimum atomic E-state index is 0.676. The number of aromatic nitrogens is 2. The molecule has 0 unspecified atom stereocenters. The molecule has 10 aromatic carbocycles. The molecule has 2 nitrogen and oxygen atoms in total. The van der Waals surface area contributed by atoms with Gasteiger partial charge in [-0.3, -0.25) is 0 Å². The first-order valence-corrected chi connectivity index (χ1v) is 20.5. The third kappa shape index (κ3) is 6.41. The van der Waals surface area contributed by atoms with Gasteiger partial charge in [-0.1, -0.05) is 212 Å². The van der Waals surface area contributed by atoms with Crippen LogP contribution in [0.25, 0.3) is 111 Å². The molecule has 11 aromatic rings. The monoisotopic (exact) mass is 762 g/mol. The Balaban J connectivity index is 1.12. The number of rotatable bonds is 7. The van der Waals surface area contributed by atoms with Gasteiger partial charge >= 0.3 is 0 Å². The Hall–Kier alpha value is -7.94. The number of hydrogen-bond acceptors (Lipinski definition) is 2. The Kier molecular flexibility index (Phi) is 8.87. The minimum absolute atomic E-state index is 0.676. The fraction of sp³-hybridized carbons (Fsp3) is 0. The molecule has 11 rings (SSSR count). The Bertz CT molecular complexity index is 3340. The summed E-state index contributed by atoms with van der Waals surface area (Å²) in [5.74, 6) is 0.676. The molecule has 1 heterocycles. The van der Waals surface area contributed by atoms with Gasteiger partial charge in [0.1, 0.15) is 0 Å². The Morgan fingerprint density at radius 2 is 0.750 bits per heavy atom. The fourth-order valence-electron chi connectivity index (χ4n) is 8.78. The zero-order valence-corrected chi connectivity index (χ0v) is 32.8. The highest BCUT2D eigenvalue weighted by molar-refractivity contribution is 6.20. The molecule has 0 aliphatic rings. The van der Waals surface area contributed by atoms with Crippen LogP contribution in [-0.2, 0) is 0 Å². The summed E-state index contributed by atoms with van der Waals surface area (Å²) in [6.45, 7) is 0. The highest BCUT2D eigenvalue weighted by Gasteiger charge is 2.19. The van der Waals surface area contributed by atoms with E-state index >= 15 is 0 Å². The number of hydrogen-bond donors (Lipinski definition) is 0. The standard InChI is InChI=1S/C58H38N2/c1-4-16-39(17-5-1)45-33-34-49(41-20-8-3-9-21-41)54(36-45)56-38-55(51-27-15-14-24-47(51)40-18-6-2-7-19-40)59-58(60-56)44-30-28-43(29-31-44)57-50-26-13-11-23-46(50)37-53-48-25-12-10-22-42(48)32-35-52(53)57/h1-38H. The lowest BCUT2D eigenvalue weighted by atomic mass is 9.89. The van der Waals surface area contributed by atoms with E-state index in [0.29, 0.717) is 5.82 Å². The molecule has 0 amide bonds. The molecule has 0 atom stereocenters. The normalized spacial score (nSPS) is 11.3. The highest BCUT2D eigenvalue weighted by atomic mass is 14.9. The van der Waals surface area contributed by atoms with Crippen LogP contribution in [0.15, 0.2) is 231 Å². The second-order valence-corrected chi connectivity index (χ2v) is 15.3. The smallest absolute Gasteiger partial charge is 0.160 e. The Morgan fingerprint density at radius 1 is 0.233 bits per heavy atom. The number of benzene rings is 10. The van der Waals surface area contributed by atoms with Crippen molar-refractivity contribution < 1.29 is 0 Å². The zero-order chi connectivity index (χ0) is 39.8. The summed E-state index contributed by atoms with van der Waals surface area (Å²) in [5.41, 5.74) is 14.0. The molecule has 2 heteroatoms. The summed E-state index contributed by atoms with van der Waals surface area (Å²) in [6.07, 6.45) is 0. The van der Waals surface area contributed by atoms with Crippen LogP contribution in [0.5, 0.6) is 0 Å². The maximum atomic E-state index is 5.45.